The van der Waals surface area contributed by atoms with Crippen LogP contribution in [-0.4, -0.2) is 18.5 Å². The minimum atomic E-state index is -0.325. The van der Waals surface area contributed by atoms with Crippen LogP contribution in [0.15, 0.2) is 11.1 Å². The van der Waals surface area contributed by atoms with E-state index < -0.39 is 0 Å². The summed E-state index contributed by atoms with van der Waals surface area (Å²) in [7, 11) is 0. The molecule has 3 heteroatoms. The smallest absolute Gasteiger partial charge is 0.158 e. The van der Waals surface area contributed by atoms with E-state index >= 15 is 0 Å². The fourth-order valence-corrected chi connectivity index (χ4v) is 0.465. The second kappa shape index (κ2) is 4.63. The molecule has 0 radical (unpaired) electrons. The average Bonchev–Trinajstić information content (AvgIpc) is 1.82. The zero-order valence-electron chi connectivity index (χ0n) is 6.19. The van der Waals surface area contributed by atoms with Gasteiger partial charge >= 0.3 is 0 Å². The zero-order valence-corrected chi connectivity index (χ0v) is 7.77. The van der Waals surface area contributed by atoms with Crippen LogP contribution < -0.4 is 0 Å². The molecule has 0 rings (SSSR count). The van der Waals surface area contributed by atoms with Gasteiger partial charge in [0.2, 0.25) is 0 Å². The van der Waals surface area contributed by atoms with Gasteiger partial charge in [-0.1, -0.05) is 22.5 Å². The summed E-state index contributed by atoms with van der Waals surface area (Å²) in [6.45, 7) is 7.18. The lowest BCUT2D eigenvalue weighted by Crippen LogP contribution is -2.17. The van der Waals surface area contributed by atoms with Crippen molar-refractivity contribution in [1.82, 2.24) is 0 Å². The largest absolute Gasteiger partial charge is 0.366 e. The van der Waals surface area contributed by atoms with Gasteiger partial charge in [-0.2, -0.15) is 0 Å². The second-order valence-electron chi connectivity index (χ2n) is 2.08. The Balaban J connectivity index is 3.49. The van der Waals surface area contributed by atoms with Crippen LogP contribution in [0.3, 0.4) is 0 Å². The third-order valence-electron chi connectivity index (χ3n) is 1.06. The molecule has 0 aromatic carbocycles. The lowest BCUT2D eigenvalue weighted by molar-refractivity contribution is -0.126. The molecule has 0 aliphatic heterocycles. The molecule has 10 heavy (non-hydrogen) atoms. The van der Waals surface area contributed by atoms with Crippen LogP contribution in [0.5, 0.6) is 0 Å². The Bertz CT molecular complexity index is 143. The molecule has 0 aromatic rings. The zero-order chi connectivity index (χ0) is 8.15. The van der Waals surface area contributed by atoms with Crippen LogP contribution in [0.1, 0.15) is 13.8 Å². The van der Waals surface area contributed by atoms with Crippen molar-refractivity contribution in [3.8, 4) is 0 Å². The van der Waals surface area contributed by atoms with Gasteiger partial charge in [0, 0.05) is 4.48 Å². The Labute approximate surface area is 69.4 Å². The van der Waals surface area contributed by atoms with Crippen molar-refractivity contribution in [3.63, 3.8) is 0 Å². The van der Waals surface area contributed by atoms with Gasteiger partial charge in [0.1, 0.15) is 6.10 Å². The number of carbonyl (C=O) groups is 1. The second-order valence-corrected chi connectivity index (χ2v) is 3.20. The Morgan fingerprint density at radius 2 is 2.30 bits per heavy atom. The maximum Gasteiger partial charge on any atom is 0.158 e. The molecular weight excluding hydrogens is 196 g/mol. The van der Waals surface area contributed by atoms with Crippen LogP contribution in [0.4, 0.5) is 0 Å². The van der Waals surface area contributed by atoms with Gasteiger partial charge in [0.25, 0.3) is 0 Å². The van der Waals surface area contributed by atoms with Gasteiger partial charge in [-0.25, -0.2) is 0 Å². The first-order chi connectivity index (χ1) is 4.54. The normalized spacial score (nSPS) is 12.7. The fraction of sp³-hybridized carbons (Fsp3) is 0.571. The lowest BCUT2D eigenvalue weighted by Gasteiger charge is -2.07. The van der Waals surface area contributed by atoms with E-state index in [-0.39, 0.29) is 11.9 Å². The number of hydrogen-bond acceptors (Lipinski definition) is 2. The minimum absolute atomic E-state index is 0.0359. The summed E-state index contributed by atoms with van der Waals surface area (Å²) in [5, 5.41) is 0. The molecule has 1 atom stereocenters. The van der Waals surface area contributed by atoms with Gasteiger partial charge in [-0.3, -0.25) is 4.79 Å². The summed E-state index contributed by atoms with van der Waals surface area (Å²) in [6.07, 6.45) is -0.325. The van der Waals surface area contributed by atoms with Crippen molar-refractivity contribution in [2.45, 2.75) is 20.0 Å². The highest BCUT2D eigenvalue weighted by Gasteiger charge is 2.06. The maximum absolute atomic E-state index is 10.6. The molecule has 0 aliphatic carbocycles. The molecule has 58 valence electrons. The molecule has 0 N–H and O–H groups in total. The number of hydrogen-bond donors (Lipinski definition) is 0. The molecule has 0 aliphatic rings. The Hall–Kier alpha value is -0.150. The van der Waals surface area contributed by atoms with E-state index in [0.717, 1.165) is 4.48 Å². The van der Waals surface area contributed by atoms with E-state index in [4.69, 9.17) is 4.74 Å². The van der Waals surface area contributed by atoms with E-state index in [2.05, 4.69) is 22.5 Å². The van der Waals surface area contributed by atoms with Crippen LogP contribution in [0.25, 0.3) is 0 Å². The summed E-state index contributed by atoms with van der Waals surface area (Å²) in [5.41, 5.74) is 0. The summed E-state index contributed by atoms with van der Waals surface area (Å²) >= 11 is 3.12. The monoisotopic (exact) mass is 206 g/mol. The number of ketones is 1. The van der Waals surface area contributed by atoms with E-state index in [0.29, 0.717) is 6.61 Å². The van der Waals surface area contributed by atoms with E-state index in [9.17, 15) is 4.79 Å². The Kier molecular flexibility index (Phi) is 4.56. The lowest BCUT2D eigenvalue weighted by atomic mass is 10.3. The predicted octanol–water partition coefficient (Wildman–Crippen LogP) is 1.89. The van der Waals surface area contributed by atoms with Crippen LogP contribution in [0, 0.1) is 0 Å². The first kappa shape index (κ1) is 9.85. The highest BCUT2D eigenvalue weighted by molar-refractivity contribution is 9.11. The Morgan fingerprint density at radius 1 is 1.80 bits per heavy atom. The molecule has 0 aromatic heterocycles. The summed E-state index contributed by atoms with van der Waals surface area (Å²) in [5.74, 6) is 0.0359. The van der Waals surface area contributed by atoms with Crippen molar-refractivity contribution >= 4 is 21.7 Å². The number of rotatable bonds is 4. The van der Waals surface area contributed by atoms with Crippen LogP contribution in [-0.2, 0) is 9.53 Å². The molecule has 0 fully saturated rings. The number of Topliss-reactive ketones (excluding diaryl/α,β-unsaturated/α-hetero) is 1. The average molecular weight is 207 g/mol. The van der Waals surface area contributed by atoms with Crippen molar-refractivity contribution < 1.29 is 9.53 Å². The molecule has 0 bridgehead atoms. The van der Waals surface area contributed by atoms with Crippen LogP contribution >= 0.6 is 15.9 Å². The third-order valence-corrected chi connectivity index (χ3v) is 1.29. The number of carbonyl (C=O) groups excluding carboxylic acids is 1. The van der Waals surface area contributed by atoms with Crippen molar-refractivity contribution in [1.29, 1.82) is 0 Å². The number of halogens is 1. The SMILES string of the molecule is C=C(Br)COC(C)C(C)=O. The first-order valence-electron chi connectivity index (χ1n) is 2.99. The van der Waals surface area contributed by atoms with Crippen molar-refractivity contribution in [3.05, 3.63) is 11.1 Å². The van der Waals surface area contributed by atoms with Gasteiger partial charge in [0.05, 0.1) is 6.61 Å². The highest BCUT2D eigenvalue weighted by Crippen LogP contribution is 2.03. The molecule has 0 heterocycles. The number of ether oxygens (including phenoxy) is 1. The molecule has 0 saturated heterocycles. The molecule has 1 unspecified atom stereocenters. The Morgan fingerprint density at radius 3 is 2.60 bits per heavy atom. The van der Waals surface area contributed by atoms with Gasteiger partial charge < -0.3 is 4.74 Å². The van der Waals surface area contributed by atoms with Gasteiger partial charge in [-0.05, 0) is 13.8 Å². The summed E-state index contributed by atoms with van der Waals surface area (Å²) < 4.78 is 5.82. The maximum atomic E-state index is 10.6. The van der Waals surface area contributed by atoms with E-state index in [1.165, 1.54) is 6.92 Å². The topological polar surface area (TPSA) is 26.3 Å². The molecule has 2 nitrogen and oxygen atoms in total. The first-order valence-corrected chi connectivity index (χ1v) is 3.78. The fourth-order valence-electron chi connectivity index (χ4n) is 0.333. The van der Waals surface area contributed by atoms with Gasteiger partial charge in [0.15, 0.2) is 5.78 Å². The van der Waals surface area contributed by atoms with E-state index in [1.54, 1.807) is 6.92 Å². The summed E-state index contributed by atoms with van der Waals surface area (Å²) in [4.78, 5) is 10.6. The van der Waals surface area contributed by atoms with Gasteiger partial charge in [-0.15, -0.1) is 0 Å². The highest BCUT2D eigenvalue weighted by atomic mass is 79.9. The van der Waals surface area contributed by atoms with E-state index in [1.807, 2.05) is 0 Å². The molecule has 0 saturated carbocycles. The minimum Gasteiger partial charge on any atom is -0.366 e. The molecule has 0 spiro atoms. The standard InChI is InChI=1S/C7H11BrO2/c1-5(8)4-10-7(3)6(2)9/h7H,1,4H2,2-3H3. The quantitative estimate of drug-likeness (QED) is 0.703. The third kappa shape index (κ3) is 4.70. The summed E-state index contributed by atoms with van der Waals surface area (Å²) in [6, 6.07) is 0. The molecule has 0 amide bonds. The van der Waals surface area contributed by atoms with Crippen molar-refractivity contribution in [2.24, 2.45) is 0 Å². The van der Waals surface area contributed by atoms with Crippen LogP contribution in [0.2, 0.25) is 0 Å². The van der Waals surface area contributed by atoms with Crippen molar-refractivity contribution in [2.75, 3.05) is 6.61 Å². The molecular formula is C7H11BrO2. The predicted molar refractivity (Wildman–Crippen MR) is 44.2 cm³/mol.